The number of rotatable bonds is 7. The molecule has 0 saturated carbocycles. The summed E-state index contributed by atoms with van der Waals surface area (Å²) in [5.41, 5.74) is 2.13. The summed E-state index contributed by atoms with van der Waals surface area (Å²) in [6, 6.07) is 8.05. The summed E-state index contributed by atoms with van der Waals surface area (Å²) in [4.78, 5) is 26.4. The molecule has 0 aliphatic carbocycles. The van der Waals surface area contributed by atoms with Crippen molar-refractivity contribution in [1.29, 1.82) is 0 Å². The smallest absolute Gasteiger partial charge is 0.306 e. The number of esters is 1. The van der Waals surface area contributed by atoms with Crippen LogP contribution in [0.2, 0.25) is 0 Å². The van der Waals surface area contributed by atoms with E-state index in [1.54, 1.807) is 0 Å². The zero-order valence-electron chi connectivity index (χ0n) is 13.0. The van der Waals surface area contributed by atoms with Crippen LogP contribution >= 0.6 is 0 Å². The van der Waals surface area contributed by atoms with Gasteiger partial charge in [-0.3, -0.25) is 9.59 Å². The maximum atomic E-state index is 11.7. The molecule has 1 atom stereocenters. The first kappa shape index (κ1) is 16.1. The Morgan fingerprint density at radius 3 is 2.86 bits per heavy atom. The molecule has 2 N–H and O–H groups in total. The van der Waals surface area contributed by atoms with Gasteiger partial charge in [0, 0.05) is 29.6 Å². The Hall–Kier alpha value is -2.30. The second kappa shape index (κ2) is 7.64. The predicted molar refractivity (Wildman–Crippen MR) is 85.5 cm³/mol. The van der Waals surface area contributed by atoms with Gasteiger partial charge in [0.25, 0.3) is 5.91 Å². The van der Waals surface area contributed by atoms with Crippen LogP contribution in [0.4, 0.5) is 0 Å². The molecule has 2 rings (SSSR count). The lowest BCUT2D eigenvalue weighted by Gasteiger charge is -2.11. The normalized spacial score (nSPS) is 12.1. The average Bonchev–Trinajstić information content (AvgIpc) is 2.94. The SMILES string of the molecule is CC[C@@H](C)NC(=O)COC(=O)CCc1c[nH]c2ccccc12. The van der Waals surface area contributed by atoms with E-state index in [1.807, 2.05) is 44.3 Å². The average molecular weight is 302 g/mol. The molecule has 5 nitrogen and oxygen atoms in total. The van der Waals surface area contributed by atoms with Gasteiger partial charge in [0.15, 0.2) is 6.61 Å². The lowest BCUT2D eigenvalue weighted by Crippen LogP contribution is -2.35. The molecule has 22 heavy (non-hydrogen) atoms. The zero-order chi connectivity index (χ0) is 15.9. The van der Waals surface area contributed by atoms with E-state index in [0.29, 0.717) is 6.42 Å². The molecule has 0 radical (unpaired) electrons. The minimum absolute atomic E-state index is 0.0948. The number of carbonyl (C=O) groups is 2. The van der Waals surface area contributed by atoms with Gasteiger partial charge in [-0.1, -0.05) is 25.1 Å². The van der Waals surface area contributed by atoms with E-state index in [1.165, 1.54) is 0 Å². The van der Waals surface area contributed by atoms with Crippen LogP contribution < -0.4 is 5.32 Å². The molecular formula is C17H22N2O3. The van der Waals surface area contributed by atoms with E-state index in [9.17, 15) is 9.59 Å². The number of hydrogen-bond acceptors (Lipinski definition) is 3. The highest BCUT2D eigenvalue weighted by molar-refractivity contribution is 5.84. The summed E-state index contributed by atoms with van der Waals surface area (Å²) in [6.45, 7) is 3.69. The lowest BCUT2D eigenvalue weighted by atomic mass is 10.1. The van der Waals surface area contributed by atoms with E-state index < -0.39 is 0 Å². The quantitative estimate of drug-likeness (QED) is 0.772. The Morgan fingerprint density at radius 1 is 1.32 bits per heavy atom. The molecule has 0 fully saturated rings. The molecule has 0 spiro atoms. The second-order valence-electron chi connectivity index (χ2n) is 5.40. The maximum Gasteiger partial charge on any atom is 0.306 e. The van der Waals surface area contributed by atoms with Crippen molar-refractivity contribution >= 4 is 22.8 Å². The van der Waals surface area contributed by atoms with Crippen molar-refractivity contribution in [2.75, 3.05) is 6.61 Å². The minimum atomic E-state index is -0.357. The van der Waals surface area contributed by atoms with Gasteiger partial charge >= 0.3 is 5.97 Å². The van der Waals surface area contributed by atoms with Crippen LogP contribution in [0.25, 0.3) is 10.9 Å². The van der Waals surface area contributed by atoms with Crippen LogP contribution in [0.3, 0.4) is 0 Å². The lowest BCUT2D eigenvalue weighted by molar-refractivity contribution is -0.148. The molecule has 2 aromatic rings. The number of para-hydroxylation sites is 1. The number of nitrogens with one attached hydrogen (secondary N) is 2. The van der Waals surface area contributed by atoms with Gasteiger partial charge in [-0.25, -0.2) is 0 Å². The number of aromatic amines is 1. The Morgan fingerprint density at radius 2 is 2.09 bits per heavy atom. The standard InChI is InChI=1S/C17H22N2O3/c1-3-12(2)19-16(20)11-22-17(21)9-8-13-10-18-15-7-5-4-6-14(13)15/h4-7,10,12,18H,3,8-9,11H2,1-2H3,(H,19,20)/t12-/m1/s1. The molecule has 0 bridgehead atoms. The van der Waals surface area contributed by atoms with Crippen molar-refractivity contribution in [2.45, 2.75) is 39.2 Å². The third-order valence-electron chi connectivity index (χ3n) is 3.66. The van der Waals surface area contributed by atoms with E-state index >= 15 is 0 Å². The summed E-state index contributed by atoms with van der Waals surface area (Å²) < 4.78 is 5.00. The van der Waals surface area contributed by atoms with Crippen LogP contribution in [-0.2, 0) is 20.7 Å². The van der Waals surface area contributed by atoms with Crippen molar-refractivity contribution in [2.24, 2.45) is 0 Å². The highest BCUT2D eigenvalue weighted by Gasteiger charge is 2.11. The molecule has 0 aliphatic rings. The monoisotopic (exact) mass is 302 g/mol. The number of carbonyl (C=O) groups excluding carboxylic acids is 2. The summed E-state index contributed by atoms with van der Waals surface area (Å²) in [5.74, 6) is -0.612. The number of hydrogen-bond donors (Lipinski definition) is 2. The Bertz CT molecular complexity index is 648. The van der Waals surface area contributed by atoms with Crippen molar-refractivity contribution in [3.8, 4) is 0 Å². The van der Waals surface area contributed by atoms with Gasteiger partial charge < -0.3 is 15.0 Å². The van der Waals surface area contributed by atoms with Crippen molar-refractivity contribution in [1.82, 2.24) is 10.3 Å². The van der Waals surface area contributed by atoms with Gasteiger partial charge in [-0.2, -0.15) is 0 Å². The summed E-state index contributed by atoms with van der Waals surface area (Å²) in [5, 5.41) is 3.87. The van der Waals surface area contributed by atoms with Crippen molar-refractivity contribution in [3.05, 3.63) is 36.0 Å². The van der Waals surface area contributed by atoms with Gasteiger partial charge in [0.2, 0.25) is 0 Å². The van der Waals surface area contributed by atoms with Crippen LogP contribution in [0.5, 0.6) is 0 Å². The Balaban J connectivity index is 1.77. The van der Waals surface area contributed by atoms with Crippen molar-refractivity contribution in [3.63, 3.8) is 0 Å². The van der Waals surface area contributed by atoms with Gasteiger partial charge in [0.05, 0.1) is 0 Å². The third-order valence-corrected chi connectivity index (χ3v) is 3.66. The van der Waals surface area contributed by atoms with Crippen LogP contribution in [0.15, 0.2) is 30.5 Å². The van der Waals surface area contributed by atoms with E-state index in [2.05, 4.69) is 10.3 Å². The predicted octanol–water partition coefficient (Wildman–Crippen LogP) is 2.56. The molecular weight excluding hydrogens is 280 g/mol. The zero-order valence-corrected chi connectivity index (χ0v) is 13.0. The molecule has 118 valence electrons. The number of aromatic nitrogens is 1. The first-order chi connectivity index (χ1) is 10.6. The fourth-order valence-corrected chi connectivity index (χ4v) is 2.21. The molecule has 1 aromatic carbocycles. The van der Waals surface area contributed by atoms with Gasteiger partial charge in [0.1, 0.15) is 0 Å². The maximum absolute atomic E-state index is 11.7. The highest BCUT2D eigenvalue weighted by atomic mass is 16.5. The molecule has 1 aromatic heterocycles. The first-order valence-corrected chi connectivity index (χ1v) is 7.60. The number of fused-ring (bicyclic) bond motifs is 1. The second-order valence-corrected chi connectivity index (χ2v) is 5.40. The third kappa shape index (κ3) is 4.35. The minimum Gasteiger partial charge on any atom is -0.456 e. The molecule has 0 aliphatic heterocycles. The number of benzene rings is 1. The van der Waals surface area contributed by atoms with Crippen LogP contribution in [0.1, 0.15) is 32.3 Å². The topological polar surface area (TPSA) is 71.2 Å². The molecule has 1 amide bonds. The molecule has 0 unspecified atom stereocenters. The number of aryl methyl sites for hydroxylation is 1. The van der Waals surface area contributed by atoms with Crippen LogP contribution in [-0.4, -0.2) is 29.5 Å². The number of H-pyrrole nitrogens is 1. The van der Waals surface area contributed by atoms with E-state index in [-0.39, 0.29) is 30.9 Å². The first-order valence-electron chi connectivity index (χ1n) is 7.60. The fourth-order valence-electron chi connectivity index (χ4n) is 2.21. The van der Waals surface area contributed by atoms with Crippen LogP contribution in [0, 0.1) is 0 Å². The fraction of sp³-hybridized carbons (Fsp3) is 0.412. The van der Waals surface area contributed by atoms with Crippen molar-refractivity contribution < 1.29 is 14.3 Å². The molecule has 5 heteroatoms. The van der Waals surface area contributed by atoms with E-state index in [4.69, 9.17) is 4.74 Å². The Labute approximate surface area is 130 Å². The molecule has 1 heterocycles. The van der Waals surface area contributed by atoms with Gasteiger partial charge in [-0.05, 0) is 31.4 Å². The summed E-state index contributed by atoms with van der Waals surface area (Å²) in [6.07, 6.45) is 3.61. The Kier molecular flexibility index (Phi) is 5.58. The summed E-state index contributed by atoms with van der Waals surface area (Å²) >= 11 is 0. The largest absolute Gasteiger partial charge is 0.456 e. The summed E-state index contributed by atoms with van der Waals surface area (Å²) in [7, 11) is 0. The number of ether oxygens (including phenoxy) is 1. The molecule has 0 saturated heterocycles. The highest BCUT2D eigenvalue weighted by Crippen LogP contribution is 2.19. The van der Waals surface area contributed by atoms with E-state index in [0.717, 1.165) is 22.9 Å². The number of amides is 1. The van der Waals surface area contributed by atoms with Gasteiger partial charge in [-0.15, -0.1) is 0 Å².